The van der Waals surface area contributed by atoms with Crippen molar-refractivity contribution in [3.05, 3.63) is 90.0 Å². The summed E-state index contributed by atoms with van der Waals surface area (Å²) in [6, 6.07) is 26.5. The molecule has 0 bridgehead atoms. The van der Waals surface area contributed by atoms with Crippen LogP contribution in [0.2, 0.25) is 0 Å². The minimum atomic E-state index is -0.182. The fraction of sp³-hybridized carbons (Fsp3) is 0.0952. The van der Waals surface area contributed by atoms with Crippen LogP contribution in [0.3, 0.4) is 0 Å². The van der Waals surface area contributed by atoms with Crippen LogP contribution in [0.5, 0.6) is 0 Å². The van der Waals surface area contributed by atoms with Crippen LogP contribution in [0.25, 0.3) is 0 Å². The van der Waals surface area contributed by atoms with Gasteiger partial charge in [-0.25, -0.2) is 0 Å². The Balaban J connectivity index is 2.07. The second kappa shape index (κ2) is 6.89. The van der Waals surface area contributed by atoms with E-state index in [9.17, 15) is 4.79 Å². The zero-order chi connectivity index (χ0) is 16.9. The van der Waals surface area contributed by atoms with Gasteiger partial charge in [0.25, 0.3) is 5.91 Å². The number of para-hydroxylation sites is 3. The molecule has 0 fully saturated rings. The molecule has 3 aromatic carbocycles. The van der Waals surface area contributed by atoms with Crippen LogP contribution in [0.15, 0.2) is 66.7 Å². The highest BCUT2D eigenvalue weighted by Crippen LogP contribution is 2.31. The molecule has 0 heterocycles. The second-order valence-electron chi connectivity index (χ2n) is 5.41. The van der Waals surface area contributed by atoms with E-state index >= 15 is 0 Å². The number of carbonyl (C=O) groups excluding carboxylic acids is 1. The van der Waals surface area contributed by atoms with Gasteiger partial charge >= 0.3 is 0 Å². The Morgan fingerprint density at radius 1 is 0.958 bits per heavy atom. The molecule has 3 nitrogen and oxygen atoms in total. The van der Waals surface area contributed by atoms with Crippen molar-refractivity contribution < 1.29 is 4.79 Å². The van der Waals surface area contributed by atoms with E-state index in [1.54, 1.807) is 17.0 Å². The van der Waals surface area contributed by atoms with Gasteiger partial charge in [-0.05, 0) is 42.8 Å². The van der Waals surface area contributed by atoms with Gasteiger partial charge in [-0.1, -0.05) is 49.4 Å². The Bertz CT molecular complexity index is 826. The molecule has 3 rings (SSSR count). The summed E-state index contributed by atoms with van der Waals surface area (Å²) in [5.74, 6) is -0.182. The summed E-state index contributed by atoms with van der Waals surface area (Å²) >= 11 is 0. The first kappa shape index (κ1) is 15.6. The van der Waals surface area contributed by atoms with Gasteiger partial charge in [0.1, 0.15) is 0 Å². The maximum Gasteiger partial charge on any atom is 0.271 e. The third kappa shape index (κ3) is 3.09. The lowest BCUT2D eigenvalue weighted by atomic mass is 10.1. The van der Waals surface area contributed by atoms with E-state index in [4.69, 9.17) is 5.73 Å². The molecule has 0 aromatic heterocycles. The molecule has 118 valence electrons. The van der Waals surface area contributed by atoms with Crippen molar-refractivity contribution in [2.24, 2.45) is 0 Å². The molecule has 0 aliphatic carbocycles. The Morgan fingerprint density at radius 3 is 2.29 bits per heavy atom. The van der Waals surface area contributed by atoms with Crippen LogP contribution in [-0.4, -0.2) is 5.91 Å². The fourth-order valence-corrected chi connectivity index (χ4v) is 2.50. The molecule has 3 heteroatoms. The summed E-state index contributed by atoms with van der Waals surface area (Å²) in [4.78, 5) is 14.7. The van der Waals surface area contributed by atoms with E-state index < -0.39 is 0 Å². The number of amides is 1. The largest absolute Gasteiger partial charge is 0.397 e. The third-order valence-electron chi connectivity index (χ3n) is 3.82. The maximum atomic E-state index is 13.1. The number of carbonyl (C=O) groups is 1. The smallest absolute Gasteiger partial charge is 0.271 e. The van der Waals surface area contributed by atoms with Gasteiger partial charge < -0.3 is 5.73 Å². The number of nitrogens with two attached hydrogens (primary N) is 1. The Hall–Kier alpha value is -3.25. The van der Waals surface area contributed by atoms with Gasteiger partial charge in [0.15, 0.2) is 0 Å². The molecule has 2 N–H and O–H groups in total. The highest BCUT2D eigenvalue weighted by Gasteiger charge is 2.21. The highest BCUT2D eigenvalue weighted by atomic mass is 16.2. The van der Waals surface area contributed by atoms with Crippen molar-refractivity contribution in [1.82, 2.24) is 0 Å². The molecule has 0 unspecified atom stereocenters. The second-order valence-corrected chi connectivity index (χ2v) is 5.41. The lowest BCUT2D eigenvalue weighted by Crippen LogP contribution is -2.26. The average molecular weight is 314 g/mol. The number of rotatable bonds is 4. The fourth-order valence-electron chi connectivity index (χ4n) is 2.50. The minimum Gasteiger partial charge on any atom is -0.397 e. The van der Waals surface area contributed by atoms with E-state index in [0.29, 0.717) is 16.9 Å². The minimum absolute atomic E-state index is 0.182. The number of hydrogen-bond donors (Lipinski definition) is 1. The zero-order valence-electron chi connectivity index (χ0n) is 13.5. The number of nitrogens with zero attached hydrogens (tertiary/aromatic N) is 1. The highest BCUT2D eigenvalue weighted by molar-refractivity contribution is 6.12. The number of benzene rings is 2. The maximum absolute atomic E-state index is 13.1. The van der Waals surface area contributed by atoms with E-state index in [2.05, 4.69) is 12.1 Å². The van der Waals surface area contributed by atoms with Crippen molar-refractivity contribution in [1.29, 1.82) is 0 Å². The molecular formula is C21H18N2O. The van der Waals surface area contributed by atoms with Crippen LogP contribution in [0.1, 0.15) is 22.8 Å². The quantitative estimate of drug-likeness (QED) is 0.725. The normalized spacial score (nSPS) is 10.0. The van der Waals surface area contributed by atoms with Crippen molar-refractivity contribution in [3.8, 4) is 0 Å². The number of hydrogen-bond acceptors (Lipinski definition) is 2. The lowest BCUT2D eigenvalue weighted by molar-refractivity contribution is 0.0999. The summed E-state index contributed by atoms with van der Waals surface area (Å²) in [6.45, 7) is 2.04. The van der Waals surface area contributed by atoms with Crippen LogP contribution in [0.4, 0.5) is 17.1 Å². The van der Waals surface area contributed by atoms with Crippen molar-refractivity contribution >= 4 is 23.0 Å². The molecular weight excluding hydrogens is 296 g/mol. The Labute approximate surface area is 142 Å². The summed E-state index contributed by atoms with van der Waals surface area (Å²) in [6.07, 6.45) is 0.860. The van der Waals surface area contributed by atoms with Crippen molar-refractivity contribution in [2.75, 3.05) is 10.6 Å². The van der Waals surface area contributed by atoms with Gasteiger partial charge in [-0.3, -0.25) is 9.69 Å². The number of anilines is 3. The lowest BCUT2D eigenvalue weighted by Gasteiger charge is -2.24. The molecule has 0 atom stereocenters. The molecule has 0 saturated heterocycles. The molecule has 0 aliphatic heterocycles. The van der Waals surface area contributed by atoms with E-state index in [-0.39, 0.29) is 5.91 Å². The van der Waals surface area contributed by atoms with Crippen molar-refractivity contribution in [2.45, 2.75) is 13.3 Å². The molecule has 3 aromatic rings. The number of aryl methyl sites for hydroxylation is 1. The van der Waals surface area contributed by atoms with Crippen LogP contribution in [-0.2, 0) is 6.42 Å². The van der Waals surface area contributed by atoms with E-state index in [1.165, 1.54) is 0 Å². The van der Waals surface area contributed by atoms with Gasteiger partial charge in [-0.2, -0.15) is 0 Å². The van der Waals surface area contributed by atoms with E-state index in [1.807, 2.05) is 61.5 Å². The third-order valence-corrected chi connectivity index (χ3v) is 3.82. The first-order chi connectivity index (χ1) is 11.7. The summed E-state index contributed by atoms with van der Waals surface area (Å²) < 4.78 is 0. The predicted octanol–water partition coefficient (Wildman–Crippen LogP) is 4.41. The molecule has 24 heavy (non-hydrogen) atoms. The summed E-state index contributed by atoms with van der Waals surface area (Å²) in [5, 5.41) is 0. The zero-order valence-corrected chi connectivity index (χ0v) is 13.5. The van der Waals surface area contributed by atoms with Gasteiger partial charge in [-0.15, -0.1) is 0 Å². The first-order valence-corrected chi connectivity index (χ1v) is 7.87. The van der Waals surface area contributed by atoms with E-state index in [0.717, 1.165) is 17.7 Å². The van der Waals surface area contributed by atoms with Crippen LogP contribution in [0, 0.1) is 12.1 Å². The molecule has 0 aliphatic rings. The summed E-state index contributed by atoms with van der Waals surface area (Å²) in [5.41, 5.74) is 9.55. The summed E-state index contributed by atoms with van der Waals surface area (Å²) in [7, 11) is 0. The SMILES string of the molecule is CCc1c#cc(C(=O)N(c2ccccc2)c2ccccc2N)cc1. The van der Waals surface area contributed by atoms with Crippen molar-refractivity contribution in [3.63, 3.8) is 0 Å². The van der Waals surface area contributed by atoms with Gasteiger partial charge in [0, 0.05) is 11.3 Å². The van der Waals surface area contributed by atoms with Gasteiger partial charge in [0.2, 0.25) is 0 Å². The standard InChI is InChI=1S/C21H18N2O/c1-2-16-12-14-17(15-13-16)21(24)23(18-8-4-3-5-9-18)20-11-7-6-10-19(20)22/h3-12,14H,2,22H2,1H3. The Kier molecular flexibility index (Phi) is 4.49. The first-order valence-electron chi connectivity index (χ1n) is 7.87. The monoisotopic (exact) mass is 314 g/mol. The molecule has 0 radical (unpaired) electrons. The predicted molar refractivity (Wildman–Crippen MR) is 97.3 cm³/mol. The Morgan fingerprint density at radius 2 is 1.67 bits per heavy atom. The topological polar surface area (TPSA) is 46.3 Å². The van der Waals surface area contributed by atoms with Crippen LogP contribution >= 0.6 is 0 Å². The average Bonchev–Trinajstić information content (AvgIpc) is 2.64. The van der Waals surface area contributed by atoms with Gasteiger partial charge in [0.05, 0.1) is 16.9 Å². The molecule has 0 saturated carbocycles. The molecule has 1 amide bonds. The molecule has 0 spiro atoms. The van der Waals surface area contributed by atoms with Crippen LogP contribution < -0.4 is 10.6 Å². The number of nitrogen functional groups attached to an aromatic ring is 1.